The van der Waals surface area contributed by atoms with E-state index in [4.69, 9.17) is 10.5 Å². The maximum atomic E-state index is 12.1. The van der Waals surface area contributed by atoms with Gasteiger partial charge in [-0.1, -0.05) is 31.9 Å². The molecule has 0 aliphatic rings. The first-order valence-corrected chi connectivity index (χ1v) is 8.49. The molecule has 1 aromatic rings. The summed E-state index contributed by atoms with van der Waals surface area (Å²) in [7, 11) is -1.83. The van der Waals surface area contributed by atoms with E-state index in [0.717, 1.165) is 19.3 Å². The summed E-state index contributed by atoms with van der Waals surface area (Å²) in [5.74, 6) is 0.589. The fourth-order valence-corrected chi connectivity index (χ4v) is 3.38. The molecule has 1 unspecified atom stereocenters. The normalized spacial score (nSPS) is 13.2. The summed E-state index contributed by atoms with van der Waals surface area (Å²) in [6.07, 6.45) is 2.75. The summed E-state index contributed by atoms with van der Waals surface area (Å²) in [6, 6.07) is 6.87. The van der Waals surface area contributed by atoms with Gasteiger partial charge < -0.3 is 10.5 Å². The third-order valence-corrected chi connectivity index (χ3v) is 4.43. The van der Waals surface area contributed by atoms with Crippen molar-refractivity contribution in [3.8, 4) is 5.75 Å². The maximum absolute atomic E-state index is 12.1. The molecule has 6 heteroatoms. The van der Waals surface area contributed by atoms with Crippen molar-refractivity contribution in [3.63, 3.8) is 0 Å². The van der Waals surface area contributed by atoms with Crippen molar-refractivity contribution in [1.82, 2.24) is 4.72 Å². The fraction of sp³-hybridized carbons (Fsp3) is 0.571. The van der Waals surface area contributed by atoms with Gasteiger partial charge >= 0.3 is 0 Å². The highest BCUT2D eigenvalue weighted by Crippen LogP contribution is 2.15. The predicted molar refractivity (Wildman–Crippen MR) is 81.1 cm³/mol. The summed E-state index contributed by atoms with van der Waals surface area (Å²) in [6.45, 7) is 2.38. The van der Waals surface area contributed by atoms with Crippen LogP contribution < -0.4 is 15.2 Å². The number of benzene rings is 1. The van der Waals surface area contributed by atoms with Crippen molar-refractivity contribution in [2.24, 2.45) is 5.73 Å². The summed E-state index contributed by atoms with van der Waals surface area (Å²) in [5, 5.41) is 0. The molecule has 0 heterocycles. The van der Waals surface area contributed by atoms with E-state index in [1.807, 2.05) is 0 Å². The molecule has 0 aliphatic heterocycles. The highest BCUT2D eigenvalue weighted by atomic mass is 32.2. The van der Waals surface area contributed by atoms with E-state index in [-0.39, 0.29) is 11.8 Å². The summed E-state index contributed by atoms with van der Waals surface area (Å²) in [4.78, 5) is 0. The highest BCUT2D eigenvalue weighted by Gasteiger charge is 2.17. The van der Waals surface area contributed by atoms with Crippen LogP contribution in [0.15, 0.2) is 24.3 Å². The van der Waals surface area contributed by atoms with Crippen molar-refractivity contribution in [2.45, 2.75) is 38.0 Å². The van der Waals surface area contributed by atoms with Crippen LogP contribution in [-0.4, -0.2) is 28.1 Å². The molecule has 114 valence electrons. The van der Waals surface area contributed by atoms with Crippen molar-refractivity contribution in [3.05, 3.63) is 29.8 Å². The molecule has 1 atom stereocenters. The molecule has 0 radical (unpaired) electrons. The zero-order valence-electron chi connectivity index (χ0n) is 12.1. The van der Waals surface area contributed by atoms with Gasteiger partial charge in [0.25, 0.3) is 0 Å². The maximum Gasteiger partial charge on any atom is 0.216 e. The number of hydrogen-bond donors (Lipinski definition) is 2. The van der Waals surface area contributed by atoms with E-state index < -0.39 is 10.0 Å². The Bertz CT molecular complexity index is 503. The second kappa shape index (κ2) is 8.24. The quantitative estimate of drug-likeness (QED) is 0.726. The lowest BCUT2D eigenvalue weighted by Crippen LogP contribution is -2.40. The number of methoxy groups -OCH3 is 1. The van der Waals surface area contributed by atoms with Crippen LogP contribution in [0.4, 0.5) is 0 Å². The summed E-state index contributed by atoms with van der Waals surface area (Å²) in [5.41, 5.74) is 6.31. The molecule has 0 saturated carbocycles. The van der Waals surface area contributed by atoms with Gasteiger partial charge in [-0.3, -0.25) is 0 Å². The van der Waals surface area contributed by atoms with Crippen molar-refractivity contribution in [1.29, 1.82) is 0 Å². The number of rotatable bonds is 9. The molecule has 0 spiro atoms. The molecule has 0 fully saturated rings. The molecule has 0 aliphatic carbocycles. The molecule has 3 N–H and O–H groups in total. The van der Waals surface area contributed by atoms with Crippen LogP contribution in [0.2, 0.25) is 0 Å². The van der Waals surface area contributed by atoms with Gasteiger partial charge in [-0.2, -0.15) is 0 Å². The molecular weight excluding hydrogens is 276 g/mol. The Balaban J connectivity index is 2.68. The number of ether oxygens (including phenoxy) is 1. The van der Waals surface area contributed by atoms with Gasteiger partial charge in [0.2, 0.25) is 10.0 Å². The van der Waals surface area contributed by atoms with Crippen LogP contribution in [0, 0.1) is 0 Å². The third-order valence-electron chi connectivity index (χ3n) is 3.03. The minimum atomic E-state index is -3.39. The molecular formula is C14H24N2O3S. The van der Waals surface area contributed by atoms with Crippen molar-refractivity contribution in [2.75, 3.05) is 13.7 Å². The van der Waals surface area contributed by atoms with Crippen LogP contribution in [0.25, 0.3) is 0 Å². The topological polar surface area (TPSA) is 81.4 Å². The zero-order chi connectivity index (χ0) is 15.0. The molecule has 0 bridgehead atoms. The zero-order valence-corrected chi connectivity index (χ0v) is 12.9. The van der Waals surface area contributed by atoms with E-state index in [1.165, 1.54) is 0 Å². The third kappa shape index (κ3) is 5.90. The number of nitrogens with two attached hydrogens (primary N) is 1. The van der Waals surface area contributed by atoms with Crippen LogP contribution in [0.3, 0.4) is 0 Å². The Morgan fingerprint density at radius 3 is 2.75 bits per heavy atom. The predicted octanol–water partition coefficient (Wildman–Crippen LogP) is 1.63. The minimum absolute atomic E-state index is 0.0627. The first kappa shape index (κ1) is 16.9. The van der Waals surface area contributed by atoms with Crippen molar-refractivity contribution < 1.29 is 13.2 Å². The van der Waals surface area contributed by atoms with Crippen LogP contribution >= 0.6 is 0 Å². The van der Waals surface area contributed by atoms with E-state index in [1.54, 1.807) is 31.4 Å². The average molecular weight is 300 g/mol. The van der Waals surface area contributed by atoms with Gasteiger partial charge in [-0.15, -0.1) is 0 Å². The summed E-state index contributed by atoms with van der Waals surface area (Å²) >= 11 is 0. The standard InChI is InChI=1S/C14H24N2O3S/c1-3-4-7-13(10-15)16-20(17,18)11-12-6-5-8-14(9-12)19-2/h5-6,8-9,13,16H,3-4,7,10-11,15H2,1-2H3. The van der Waals surface area contributed by atoms with Crippen LogP contribution in [-0.2, 0) is 15.8 Å². The van der Waals surface area contributed by atoms with Gasteiger partial charge in [0.1, 0.15) is 5.75 Å². The number of unbranched alkanes of at least 4 members (excludes halogenated alkanes) is 1. The Hall–Kier alpha value is -1.11. The fourth-order valence-electron chi connectivity index (χ4n) is 1.95. The van der Waals surface area contributed by atoms with E-state index in [9.17, 15) is 8.42 Å². The van der Waals surface area contributed by atoms with Gasteiger partial charge in [-0.25, -0.2) is 13.1 Å². The lowest BCUT2D eigenvalue weighted by Gasteiger charge is -2.16. The Morgan fingerprint density at radius 1 is 1.40 bits per heavy atom. The molecule has 0 amide bonds. The lowest BCUT2D eigenvalue weighted by atomic mass is 10.1. The van der Waals surface area contributed by atoms with Gasteiger partial charge in [0.05, 0.1) is 12.9 Å². The molecule has 20 heavy (non-hydrogen) atoms. The molecule has 5 nitrogen and oxygen atoms in total. The first-order chi connectivity index (χ1) is 9.50. The van der Waals surface area contributed by atoms with E-state index in [2.05, 4.69) is 11.6 Å². The Kier molecular flexibility index (Phi) is 6.98. The average Bonchev–Trinajstić information content (AvgIpc) is 2.43. The second-order valence-electron chi connectivity index (χ2n) is 4.80. The summed E-state index contributed by atoms with van der Waals surface area (Å²) < 4.78 is 32.0. The molecule has 1 rings (SSSR count). The molecule has 1 aromatic carbocycles. The molecule has 0 aromatic heterocycles. The number of nitrogens with one attached hydrogen (secondary N) is 1. The van der Waals surface area contributed by atoms with Gasteiger partial charge in [-0.05, 0) is 24.1 Å². The van der Waals surface area contributed by atoms with Gasteiger partial charge in [0, 0.05) is 12.6 Å². The minimum Gasteiger partial charge on any atom is -0.497 e. The molecule has 0 saturated heterocycles. The van der Waals surface area contributed by atoms with E-state index in [0.29, 0.717) is 17.9 Å². The van der Waals surface area contributed by atoms with E-state index >= 15 is 0 Å². The Labute approximate surface area is 121 Å². The van der Waals surface area contributed by atoms with Crippen LogP contribution in [0.5, 0.6) is 5.75 Å². The van der Waals surface area contributed by atoms with Crippen molar-refractivity contribution >= 4 is 10.0 Å². The number of sulfonamides is 1. The lowest BCUT2D eigenvalue weighted by molar-refractivity contribution is 0.414. The first-order valence-electron chi connectivity index (χ1n) is 6.83. The second-order valence-corrected chi connectivity index (χ2v) is 6.56. The monoisotopic (exact) mass is 300 g/mol. The number of hydrogen-bond acceptors (Lipinski definition) is 4. The van der Waals surface area contributed by atoms with Crippen LogP contribution in [0.1, 0.15) is 31.7 Å². The Morgan fingerprint density at radius 2 is 2.15 bits per heavy atom. The largest absolute Gasteiger partial charge is 0.497 e. The SMILES string of the molecule is CCCCC(CN)NS(=O)(=O)Cc1cccc(OC)c1. The highest BCUT2D eigenvalue weighted by molar-refractivity contribution is 7.88. The van der Waals surface area contributed by atoms with Gasteiger partial charge in [0.15, 0.2) is 0 Å². The smallest absolute Gasteiger partial charge is 0.216 e.